The average Bonchev–Trinajstić information content (AvgIpc) is 2.40. The Balaban J connectivity index is 2.43. The van der Waals surface area contributed by atoms with Gasteiger partial charge in [0, 0.05) is 21.9 Å². The largest absolute Gasteiger partial charge is 0.478 e. The molecule has 0 fully saturated rings. The molecule has 0 spiro atoms. The van der Waals surface area contributed by atoms with E-state index < -0.39 is 10.9 Å². The maximum atomic E-state index is 11.1. The highest BCUT2D eigenvalue weighted by Gasteiger charge is 2.16. The topological polar surface area (TPSA) is 105 Å². The molecule has 1 aromatic carbocycles. The highest BCUT2D eigenvalue weighted by Crippen LogP contribution is 2.28. The van der Waals surface area contributed by atoms with Crippen LogP contribution in [0.2, 0.25) is 0 Å². The van der Waals surface area contributed by atoms with Gasteiger partial charge in [-0.3, -0.25) is 10.1 Å². The molecule has 2 rings (SSSR count). The van der Waals surface area contributed by atoms with E-state index in [4.69, 9.17) is 5.11 Å². The molecule has 2 aromatic rings. The maximum absolute atomic E-state index is 11.1. The number of hydrogen-bond acceptors (Lipinski definition) is 5. The zero-order valence-corrected chi connectivity index (χ0v) is 12.4. The molecule has 0 aliphatic rings. The zero-order chi connectivity index (χ0) is 15.6. The number of nitrogens with zero attached hydrogens (tertiary/aromatic N) is 2. The second kappa shape index (κ2) is 5.88. The Morgan fingerprint density at radius 3 is 2.71 bits per heavy atom. The predicted molar refractivity (Wildman–Crippen MR) is 80.0 cm³/mol. The van der Waals surface area contributed by atoms with Crippen LogP contribution in [0.1, 0.15) is 16.1 Å². The van der Waals surface area contributed by atoms with E-state index >= 15 is 0 Å². The fourth-order valence-electron chi connectivity index (χ4n) is 1.69. The smallest absolute Gasteiger partial charge is 0.336 e. The number of rotatable bonds is 4. The summed E-state index contributed by atoms with van der Waals surface area (Å²) in [7, 11) is 0. The molecule has 0 aliphatic carbocycles. The lowest BCUT2D eigenvalue weighted by atomic mass is 10.2. The molecule has 0 saturated carbocycles. The van der Waals surface area contributed by atoms with Gasteiger partial charge < -0.3 is 10.4 Å². The molecule has 0 bridgehead atoms. The first-order valence-corrected chi connectivity index (χ1v) is 6.59. The van der Waals surface area contributed by atoms with Gasteiger partial charge in [-0.2, -0.15) is 0 Å². The molecule has 0 unspecified atom stereocenters. The molecule has 8 heteroatoms. The molecule has 0 amide bonds. The minimum Gasteiger partial charge on any atom is -0.478 e. The van der Waals surface area contributed by atoms with Crippen molar-refractivity contribution in [2.75, 3.05) is 5.32 Å². The number of aromatic nitrogens is 1. The van der Waals surface area contributed by atoms with Gasteiger partial charge in [0.1, 0.15) is 0 Å². The van der Waals surface area contributed by atoms with Crippen molar-refractivity contribution in [1.29, 1.82) is 0 Å². The monoisotopic (exact) mass is 351 g/mol. The van der Waals surface area contributed by atoms with E-state index in [-0.39, 0.29) is 17.1 Å². The van der Waals surface area contributed by atoms with Crippen molar-refractivity contribution in [1.82, 2.24) is 4.98 Å². The predicted octanol–water partition coefficient (Wildman–Crippen LogP) is 3.50. The highest BCUT2D eigenvalue weighted by atomic mass is 79.9. The van der Waals surface area contributed by atoms with Crippen LogP contribution in [-0.2, 0) is 0 Å². The number of nitrogens with one attached hydrogen (secondary N) is 1. The number of anilines is 2. The van der Waals surface area contributed by atoms with E-state index in [9.17, 15) is 14.9 Å². The molecule has 1 heterocycles. The summed E-state index contributed by atoms with van der Waals surface area (Å²) in [6, 6.07) is 7.41. The van der Waals surface area contributed by atoms with Gasteiger partial charge in [0.2, 0.25) is 5.82 Å². The number of benzene rings is 1. The van der Waals surface area contributed by atoms with Gasteiger partial charge in [-0.25, -0.2) is 9.78 Å². The van der Waals surface area contributed by atoms with Gasteiger partial charge in [-0.15, -0.1) is 0 Å². The van der Waals surface area contributed by atoms with E-state index in [0.717, 1.165) is 0 Å². The summed E-state index contributed by atoms with van der Waals surface area (Å²) >= 11 is 3.13. The van der Waals surface area contributed by atoms with Crippen LogP contribution in [0.15, 0.2) is 34.8 Å². The lowest BCUT2D eigenvalue weighted by Gasteiger charge is -2.08. The van der Waals surface area contributed by atoms with Gasteiger partial charge in [-0.05, 0) is 47.1 Å². The van der Waals surface area contributed by atoms with Crippen molar-refractivity contribution in [3.05, 3.63) is 56.2 Å². The number of hydrogen-bond donors (Lipinski definition) is 2. The Hall–Kier alpha value is -2.48. The Morgan fingerprint density at radius 2 is 2.10 bits per heavy atom. The Bertz CT molecular complexity index is 733. The zero-order valence-electron chi connectivity index (χ0n) is 10.8. The maximum Gasteiger partial charge on any atom is 0.336 e. The van der Waals surface area contributed by atoms with Crippen LogP contribution in [0, 0.1) is 17.0 Å². The Kier molecular flexibility index (Phi) is 4.18. The summed E-state index contributed by atoms with van der Waals surface area (Å²) in [6.07, 6.45) is 0. The first-order valence-electron chi connectivity index (χ1n) is 5.80. The molecule has 0 atom stereocenters. The van der Waals surface area contributed by atoms with Crippen LogP contribution in [0.3, 0.4) is 0 Å². The highest BCUT2D eigenvalue weighted by molar-refractivity contribution is 9.10. The lowest BCUT2D eigenvalue weighted by molar-refractivity contribution is -0.384. The molecule has 0 radical (unpaired) electrons. The van der Waals surface area contributed by atoms with Crippen molar-refractivity contribution in [3.8, 4) is 0 Å². The number of carbonyl (C=O) groups is 1. The van der Waals surface area contributed by atoms with Crippen molar-refractivity contribution in [2.24, 2.45) is 0 Å². The third-order valence-electron chi connectivity index (χ3n) is 2.67. The second-order valence-corrected chi connectivity index (χ2v) is 5.06. The molecule has 0 saturated heterocycles. The number of carboxylic acids is 1. The SMILES string of the molecule is Cc1ccc([N+](=O)[O-])c(Nc2ccc(Br)c(C(=O)O)c2)n1. The van der Waals surface area contributed by atoms with Gasteiger partial charge >= 0.3 is 11.7 Å². The average molecular weight is 352 g/mol. The minimum atomic E-state index is -1.10. The third-order valence-corrected chi connectivity index (χ3v) is 3.36. The van der Waals surface area contributed by atoms with Gasteiger partial charge in [0.25, 0.3) is 0 Å². The lowest BCUT2D eigenvalue weighted by Crippen LogP contribution is -2.03. The molecule has 1 aromatic heterocycles. The van der Waals surface area contributed by atoms with E-state index in [1.807, 2.05) is 0 Å². The van der Waals surface area contributed by atoms with Crippen LogP contribution in [0.5, 0.6) is 0 Å². The van der Waals surface area contributed by atoms with Crippen LogP contribution < -0.4 is 5.32 Å². The number of aromatic carboxylic acids is 1. The van der Waals surface area contributed by atoms with E-state index in [0.29, 0.717) is 15.9 Å². The first kappa shape index (κ1) is 14.9. The van der Waals surface area contributed by atoms with Crippen LogP contribution in [0.25, 0.3) is 0 Å². The first-order chi connectivity index (χ1) is 9.88. The quantitative estimate of drug-likeness (QED) is 0.644. The van der Waals surface area contributed by atoms with Crippen LogP contribution >= 0.6 is 15.9 Å². The van der Waals surface area contributed by atoms with Gasteiger partial charge in [0.05, 0.1) is 10.5 Å². The van der Waals surface area contributed by atoms with Crippen molar-refractivity contribution >= 4 is 39.1 Å². The van der Waals surface area contributed by atoms with Crippen molar-refractivity contribution < 1.29 is 14.8 Å². The number of aryl methyl sites for hydroxylation is 1. The van der Waals surface area contributed by atoms with Gasteiger partial charge in [-0.1, -0.05) is 0 Å². The fourth-order valence-corrected chi connectivity index (χ4v) is 2.11. The normalized spacial score (nSPS) is 10.2. The van der Waals surface area contributed by atoms with Gasteiger partial charge in [0.15, 0.2) is 0 Å². The summed E-state index contributed by atoms with van der Waals surface area (Å²) < 4.78 is 0.423. The summed E-state index contributed by atoms with van der Waals surface area (Å²) in [4.78, 5) is 25.6. The molecular formula is C13H10BrN3O4. The standard InChI is InChI=1S/C13H10BrN3O4/c1-7-2-5-11(17(20)21)12(15-7)16-8-3-4-10(14)9(6-8)13(18)19/h2-6H,1H3,(H,15,16)(H,18,19). The second-order valence-electron chi connectivity index (χ2n) is 4.20. The minimum absolute atomic E-state index is 0.0512. The number of pyridine rings is 1. The molecule has 7 nitrogen and oxygen atoms in total. The molecular weight excluding hydrogens is 342 g/mol. The number of halogens is 1. The molecule has 2 N–H and O–H groups in total. The fraction of sp³-hybridized carbons (Fsp3) is 0.0769. The molecule has 21 heavy (non-hydrogen) atoms. The van der Waals surface area contributed by atoms with Crippen LogP contribution in [-0.4, -0.2) is 21.0 Å². The Morgan fingerprint density at radius 1 is 1.38 bits per heavy atom. The molecule has 108 valence electrons. The summed E-state index contributed by atoms with van der Waals surface area (Å²) in [6.45, 7) is 1.71. The summed E-state index contributed by atoms with van der Waals surface area (Å²) in [5, 5.41) is 22.8. The number of carboxylic acid groups (broad SMARTS) is 1. The summed E-state index contributed by atoms with van der Waals surface area (Å²) in [5.41, 5.74) is 0.881. The number of nitro groups is 1. The van der Waals surface area contributed by atoms with Crippen molar-refractivity contribution in [2.45, 2.75) is 6.92 Å². The third kappa shape index (κ3) is 3.34. The van der Waals surface area contributed by atoms with E-state index in [2.05, 4.69) is 26.2 Å². The van der Waals surface area contributed by atoms with Crippen LogP contribution in [0.4, 0.5) is 17.2 Å². The Labute approximate surface area is 127 Å². The van der Waals surface area contributed by atoms with Crippen molar-refractivity contribution in [3.63, 3.8) is 0 Å². The molecule has 0 aliphatic heterocycles. The van der Waals surface area contributed by atoms with E-state index in [1.165, 1.54) is 18.2 Å². The summed E-state index contributed by atoms with van der Waals surface area (Å²) in [5.74, 6) is -1.03. The van der Waals surface area contributed by atoms with E-state index in [1.54, 1.807) is 19.1 Å².